The Hall–Kier alpha value is -1.95. The molecule has 2 fully saturated rings. The molecule has 1 aromatic carbocycles. The van der Waals surface area contributed by atoms with Gasteiger partial charge in [-0.1, -0.05) is 12.1 Å². The first-order valence-corrected chi connectivity index (χ1v) is 7.91. The van der Waals surface area contributed by atoms with Crippen LogP contribution < -0.4 is 0 Å². The zero-order chi connectivity index (χ0) is 16.4. The van der Waals surface area contributed by atoms with Crippen molar-refractivity contribution in [3.63, 3.8) is 0 Å². The van der Waals surface area contributed by atoms with Gasteiger partial charge in [0.15, 0.2) is 0 Å². The topological polar surface area (TPSA) is 66.8 Å². The summed E-state index contributed by atoms with van der Waals surface area (Å²) in [6, 6.07) is 6.20. The maximum atomic E-state index is 13.3. The average molecular weight is 321 g/mol. The van der Waals surface area contributed by atoms with E-state index in [2.05, 4.69) is 0 Å². The van der Waals surface area contributed by atoms with Crippen LogP contribution in [0.5, 0.6) is 0 Å². The van der Waals surface area contributed by atoms with Crippen LogP contribution in [0.2, 0.25) is 0 Å². The molecule has 1 aromatic rings. The number of carbonyl (C=O) groups is 2. The third kappa shape index (κ3) is 3.69. The minimum Gasteiger partial charge on any atom is -0.480 e. The van der Waals surface area contributed by atoms with Crippen LogP contribution in [0.4, 0.5) is 4.39 Å². The summed E-state index contributed by atoms with van der Waals surface area (Å²) in [7, 11) is 0. The summed E-state index contributed by atoms with van der Waals surface area (Å²) in [4.78, 5) is 25.3. The highest BCUT2D eigenvalue weighted by Crippen LogP contribution is 2.49. The zero-order valence-electron chi connectivity index (χ0n) is 12.8. The molecular weight excluding hydrogens is 301 g/mol. The lowest BCUT2D eigenvalue weighted by Crippen LogP contribution is -2.46. The molecule has 124 valence electrons. The highest BCUT2D eigenvalue weighted by Gasteiger charge is 2.47. The molecule has 1 saturated heterocycles. The number of aliphatic carboxylic acids is 1. The Morgan fingerprint density at radius 3 is 2.70 bits per heavy atom. The lowest BCUT2D eigenvalue weighted by atomic mass is 10.0. The van der Waals surface area contributed by atoms with Crippen molar-refractivity contribution in [1.29, 1.82) is 0 Å². The van der Waals surface area contributed by atoms with E-state index >= 15 is 0 Å². The third-order valence-corrected chi connectivity index (χ3v) is 4.60. The first-order valence-electron chi connectivity index (χ1n) is 7.91. The van der Waals surface area contributed by atoms with Gasteiger partial charge in [0.05, 0.1) is 0 Å². The maximum Gasteiger partial charge on any atom is 0.323 e. The predicted octanol–water partition coefficient (Wildman–Crippen LogP) is 2.02. The largest absolute Gasteiger partial charge is 0.480 e. The number of carboxylic acids is 1. The van der Waals surface area contributed by atoms with Crippen molar-refractivity contribution in [1.82, 2.24) is 4.90 Å². The van der Waals surface area contributed by atoms with E-state index in [4.69, 9.17) is 9.84 Å². The van der Waals surface area contributed by atoms with Crippen LogP contribution in [0.1, 0.15) is 30.7 Å². The number of nitrogens with zero attached hydrogens (tertiary/aromatic N) is 1. The fraction of sp³-hybridized carbons (Fsp3) is 0.529. The summed E-state index contributed by atoms with van der Waals surface area (Å²) in [5, 5.41) is 9.11. The third-order valence-electron chi connectivity index (χ3n) is 4.60. The van der Waals surface area contributed by atoms with E-state index in [0.717, 1.165) is 5.56 Å². The highest BCUT2D eigenvalue weighted by molar-refractivity contribution is 5.86. The summed E-state index contributed by atoms with van der Waals surface area (Å²) in [6.07, 6.45) is 1.98. The quantitative estimate of drug-likeness (QED) is 0.901. The molecule has 1 aliphatic heterocycles. The van der Waals surface area contributed by atoms with Gasteiger partial charge in [-0.05, 0) is 42.9 Å². The smallest absolute Gasteiger partial charge is 0.323 e. The molecule has 0 radical (unpaired) electrons. The molecule has 1 amide bonds. The maximum absolute atomic E-state index is 13.3. The summed E-state index contributed by atoms with van der Waals surface area (Å²) >= 11 is 0. The van der Waals surface area contributed by atoms with Crippen molar-refractivity contribution in [2.75, 3.05) is 19.8 Å². The summed E-state index contributed by atoms with van der Waals surface area (Å²) in [5.41, 5.74) is 0.811. The molecule has 0 spiro atoms. The van der Waals surface area contributed by atoms with E-state index in [1.807, 2.05) is 6.07 Å². The van der Waals surface area contributed by atoms with Crippen LogP contribution in [-0.2, 0) is 14.3 Å². The number of ether oxygens (including phenoxy) is 1. The van der Waals surface area contributed by atoms with Crippen LogP contribution in [0.25, 0.3) is 0 Å². The van der Waals surface area contributed by atoms with E-state index in [0.29, 0.717) is 32.5 Å². The second-order valence-corrected chi connectivity index (χ2v) is 6.21. The van der Waals surface area contributed by atoms with Gasteiger partial charge in [-0.15, -0.1) is 0 Å². The Morgan fingerprint density at radius 2 is 2.04 bits per heavy atom. The molecule has 1 aliphatic carbocycles. The first-order chi connectivity index (χ1) is 11.1. The molecule has 23 heavy (non-hydrogen) atoms. The Morgan fingerprint density at radius 1 is 1.30 bits per heavy atom. The predicted molar refractivity (Wildman–Crippen MR) is 80.4 cm³/mol. The monoisotopic (exact) mass is 321 g/mol. The van der Waals surface area contributed by atoms with Gasteiger partial charge in [0.1, 0.15) is 12.4 Å². The lowest BCUT2D eigenvalue weighted by molar-refractivity contribution is -0.148. The number of rotatable bonds is 5. The summed E-state index contributed by atoms with van der Waals surface area (Å²) in [6.45, 7) is 0.813. The minimum atomic E-state index is -1.01. The van der Waals surface area contributed by atoms with Gasteiger partial charge in [0, 0.05) is 25.2 Å². The van der Waals surface area contributed by atoms with Crippen LogP contribution in [0.15, 0.2) is 24.3 Å². The van der Waals surface area contributed by atoms with Gasteiger partial charge in [-0.2, -0.15) is 0 Å². The summed E-state index contributed by atoms with van der Waals surface area (Å²) in [5.74, 6) is -1.69. The molecule has 2 aliphatic rings. The SMILES string of the molecule is O=C(O)CN(C(=O)[C@H]1C[C@@H]1c1cccc(F)c1)C1CCOCC1. The van der Waals surface area contributed by atoms with E-state index in [9.17, 15) is 14.0 Å². The first kappa shape index (κ1) is 15.9. The number of carbonyl (C=O) groups excluding carboxylic acids is 1. The molecule has 0 aromatic heterocycles. The Labute approximate surface area is 134 Å². The fourth-order valence-electron chi connectivity index (χ4n) is 3.32. The van der Waals surface area contributed by atoms with E-state index in [1.54, 1.807) is 6.07 Å². The van der Waals surface area contributed by atoms with Gasteiger partial charge in [-0.3, -0.25) is 9.59 Å². The van der Waals surface area contributed by atoms with Crippen molar-refractivity contribution >= 4 is 11.9 Å². The van der Waals surface area contributed by atoms with Crippen molar-refractivity contribution < 1.29 is 23.8 Å². The normalized spacial score (nSPS) is 24.2. The molecule has 1 heterocycles. The standard InChI is InChI=1S/C17H20FNO4/c18-12-3-1-2-11(8-12)14-9-15(14)17(22)19(10-16(20)21)13-4-6-23-7-5-13/h1-3,8,13-15H,4-7,9-10H2,(H,20,21)/t14-,15+/m1/s1. The molecule has 1 saturated carbocycles. The average Bonchev–Trinajstić information content (AvgIpc) is 3.33. The Balaban J connectivity index is 1.70. The molecule has 1 N–H and O–H groups in total. The van der Waals surface area contributed by atoms with Crippen LogP contribution in [0, 0.1) is 11.7 Å². The second-order valence-electron chi connectivity index (χ2n) is 6.21. The number of hydrogen-bond acceptors (Lipinski definition) is 3. The van der Waals surface area contributed by atoms with E-state index < -0.39 is 5.97 Å². The van der Waals surface area contributed by atoms with Crippen LogP contribution >= 0.6 is 0 Å². The van der Waals surface area contributed by atoms with Crippen molar-refractivity contribution in [3.8, 4) is 0 Å². The van der Waals surface area contributed by atoms with Crippen LogP contribution in [-0.4, -0.2) is 47.7 Å². The molecular formula is C17H20FNO4. The van der Waals surface area contributed by atoms with E-state index in [1.165, 1.54) is 17.0 Å². The number of carboxylic acid groups (broad SMARTS) is 1. The molecule has 5 nitrogen and oxygen atoms in total. The van der Waals surface area contributed by atoms with Gasteiger partial charge >= 0.3 is 5.97 Å². The number of amides is 1. The van der Waals surface area contributed by atoms with Gasteiger partial charge in [-0.25, -0.2) is 4.39 Å². The van der Waals surface area contributed by atoms with Crippen molar-refractivity contribution in [2.24, 2.45) is 5.92 Å². The number of benzene rings is 1. The molecule has 6 heteroatoms. The fourth-order valence-corrected chi connectivity index (χ4v) is 3.32. The van der Waals surface area contributed by atoms with Gasteiger partial charge < -0.3 is 14.7 Å². The van der Waals surface area contributed by atoms with Crippen molar-refractivity contribution in [3.05, 3.63) is 35.6 Å². The van der Waals surface area contributed by atoms with Gasteiger partial charge in [0.25, 0.3) is 0 Å². The second kappa shape index (κ2) is 6.66. The zero-order valence-corrected chi connectivity index (χ0v) is 12.8. The molecule has 0 bridgehead atoms. The Bertz CT molecular complexity index is 600. The highest BCUT2D eigenvalue weighted by atomic mass is 19.1. The summed E-state index contributed by atoms with van der Waals surface area (Å²) < 4.78 is 18.6. The minimum absolute atomic E-state index is 0.00524. The Kier molecular flexibility index (Phi) is 4.61. The van der Waals surface area contributed by atoms with E-state index in [-0.39, 0.29) is 36.1 Å². The molecule has 3 rings (SSSR count). The number of hydrogen-bond donors (Lipinski definition) is 1. The molecule has 2 atom stereocenters. The van der Waals surface area contributed by atoms with Gasteiger partial charge in [0.2, 0.25) is 5.91 Å². The molecule has 0 unspecified atom stereocenters. The number of halogens is 1. The van der Waals surface area contributed by atoms with Crippen molar-refractivity contribution in [2.45, 2.75) is 31.2 Å². The van der Waals surface area contributed by atoms with Crippen LogP contribution in [0.3, 0.4) is 0 Å². The lowest BCUT2D eigenvalue weighted by Gasteiger charge is -2.33.